The lowest BCUT2D eigenvalue weighted by atomic mass is 9.87. The van der Waals surface area contributed by atoms with E-state index in [1.54, 1.807) is 0 Å². The lowest BCUT2D eigenvalue weighted by molar-refractivity contribution is 0.436. The molecule has 23 heavy (non-hydrogen) atoms. The summed E-state index contributed by atoms with van der Waals surface area (Å²) in [7, 11) is 0. The Morgan fingerprint density at radius 1 is 0.957 bits per heavy atom. The lowest BCUT2D eigenvalue weighted by Crippen LogP contribution is -2.04. The minimum atomic E-state index is 0.901. The standard InChI is InChI=1S/C23H32/c1-3-5-6-7-9-21-12-16-23(17-13-21)19-18-22-14-10-20(8-4-2)11-15-22/h12-14,16-17,20H,3-11,15H2,1-2H3. The van der Waals surface area contributed by atoms with Gasteiger partial charge in [-0.15, -0.1) is 0 Å². The highest BCUT2D eigenvalue weighted by Crippen LogP contribution is 2.26. The molecule has 0 radical (unpaired) electrons. The van der Waals surface area contributed by atoms with Gasteiger partial charge in [0, 0.05) is 5.56 Å². The first-order valence-electron chi connectivity index (χ1n) is 9.61. The van der Waals surface area contributed by atoms with Gasteiger partial charge in [0.05, 0.1) is 0 Å². The molecule has 0 saturated heterocycles. The zero-order valence-electron chi connectivity index (χ0n) is 15.0. The minimum Gasteiger partial charge on any atom is -0.0726 e. The van der Waals surface area contributed by atoms with E-state index < -0.39 is 0 Å². The van der Waals surface area contributed by atoms with Crippen molar-refractivity contribution in [3.05, 3.63) is 47.0 Å². The maximum absolute atomic E-state index is 3.39. The van der Waals surface area contributed by atoms with Crippen molar-refractivity contribution in [1.82, 2.24) is 0 Å². The van der Waals surface area contributed by atoms with Crippen LogP contribution in [-0.4, -0.2) is 0 Å². The van der Waals surface area contributed by atoms with Gasteiger partial charge in [0.1, 0.15) is 0 Å². The second-order valence-electron chi connectivity index (χ2n) is 6.92. The van der Waals surface area contributed by atoms with Gasteiger partial charge in [-0.1, -0.05) is 76.0 Å². The molecular weight excluding hydrogens is 276 g/mol. The van der Waals surface area contributed by atoms with Crippen LogP contribution >= 0.6 is 0 Å². The van der Waals surface area contributed by atoms with Crippen LogP contribution in [0.3, 0.4) is 0 Å². The van der Waals surface area contributed by atoms with Crippen molar-refractivity contribution in [2.75, 3.05) is 0 Å². The van der Waals surface area contributed by atoms with Gasteiger partial charge in [-0.2, -0.15) is 0 Å². The molecule has 0 heterocycles. The zero-order valence-corrected chi connectivity index (χ0v) is 15.0. The molecule has 0 spiro atoms. The normalized spacial score (nSPS) is 17.3. The summed E-state index contributed by atoms with van der Waals surface area (Å²) in [5.74, 6) is 7.64. The molecule has 1 aliphatic rings. The Kier molecular flexibility index (Phi) is 8.02. The molecule has 0 aliphatic heterocycles. The number of aryl methyl sites for hydroxylation is 1. The Balaban J connectivity index is 1.82. The van der Waals surface area contributed by atoms with Gasteiger partial charge in [-0.05, 0) is 61.3 Å². The van der Waals surface area contributed by atoms with Crippen molar-refractivity contribution in [2.24, 2.45) is 5.92 Å². The minimum absolute atomic E-state index is 0.901. The van der Waals surface area contributed by atoms with Crippen molar-refractivity contribution >= 4 is 0 Å². The molecule has 0 nitrogen and oxygen atoms in total. The summed E-state index contributed by atoms with van der Waals surface area (Å²) in [6, 6.07) is 8.88. The van der Waals surface area contributed by atoms with Crippen molar-refractivity contribution < 1.29 is 0 Å². The lowest BCUT2D eigenvalue weighted by Gasteiger charge is -2.18. The second-order valence-corrected chi connectivity index (χ2v) is 6.92. The first kappa shape index (κ1) is 17.9. The SMILES string of the molecule is CCCCCCc1ccc(C#CC2=CCC(CCC)CC2)cc1. The molecule has 0 N–H and O–H groups in total. The monoisotopic (exact) mass is 308 g/mol. The fourth-order valence-corrected chi connectivity index (χ4v) is 3.34. The molecule has 1 aromatic rings. The summed E-state index contributed by atoms with van der Waals surface area (Å²) in [6.45, 7) is 4.55. The molecule has 1 unspecified atom stereocenters. The highest BCUT2D eigenvalue weighted by molar-refractivity contribution is 5.42. The maximum Gasteiger partial charge on any atom is 0.0249 e. The van der Waals surface area contributed by atoms with E-state index in [1.165, 1.54) is 75.3 Å². The molecule has 0 heteroatoms. The van der Waals surface area contributed by atoms with E-state index in [0.717, 1.165) is 11.5 Å². The average Bonchev–Trinajstić information content (AvgIpc) is 2.59. The second kappa shape index (κ2) is 10.3. The maximum atomic E-state index is 3.39. The Hall–Kier alpha value is -1.48. The average molecular weight is 309 g/mol. The Bertz CT molecular complexity index is 536. The Labute approximate surface area is 143 Å². The van der Waals surface area contributed by atoms with E-state index >= 15 is 0 Å². The number of benzene rings is 1. The highest BCUT2D eigenvalue weighted by atomic mass is 14.2. The van der Waals surface area contributed by atoms with Crippen LogP contribution in [-0.2, 0) is 6.42 Å². The molecule has 0 fully saturated rings. The quantitative estimate of drug-likeness (QED) is 0.389. The first-order chi connectivity index (χ1) is 11.3. The molecule has 0 saturated carbocycles. The predicted octanol–water partition coefficient (Wildman–Crippen LogP) is 6.69. The van der Waals surface area contributed by atoms with Crippen LogP contribution in [0.25, 0.3) is 0 Å². The largest absolute Gasteiger partial charge is 0.0726 e. The molecule has 124 valence electrons. The van der Waals surface area contributed by atoms with Gasteiger partial charge in [-0.3, -0.25) is 0 Å². The molecule has 1 aromatic carbocycles. The van der Waals surface area contributed by atoms with Gasteiger partial charge >= 0.3 is 0 Å². The van der Waals surface area contributed by atoms with Crippen LogP contribution in [0.15, 0.2) is 35.9 Å². The van der Waals surface area contributed by atoms with Crippen molar-refractivity contribution in [3.63, 3.8) is 0 Å². The van der Waals surface area contributed by atoms with E-state index in [2.05, 4.69) is 56.0 Å². The fourth-order valence-electron chi connectivity index (χ4n) is 3.34. The number of hydrogen-bond acceptors (Lipinski definition) is 0. The van der Waals surface area contributed by atoms with Crippen LogP contribution in [0.1, 0.15) is 82.8 Å². The van der Waals surface area contributed by atoms with Gasteiger partial charge < -0.3 is 0 Å². The van der Waals surface area contributed by atoms with E-state index in [4.69, 9.17) is 0 Å². The molecule has 0 amide bonds. The van der Waals surface area contributed by atoms with Gasteiger partial charge in [0.2, 0.25) is 0 Å². The summed E-state index contributed by atoms with van der Waals surface area (Å²) in [6.07, 6.45) is 15.3. The molecule has 1 atom stereocenters. The van der Waals surface area contributed by atoms with Crippen LogP contribution in [0.4, 0.5) is 0 Å². The van der Waals surface area contributed by atoms with Gasteiger partial charge in [0.25, 0.3) is 0 Å². The summed E-state index contributed by atoms with van der Waals surface area (Å²) >= 11 is 0. The van der Waals surface area contributed by atoms with Gasteiger partial charge in [-0.25, -0.2) is 0 Å². The van der Waals surface area contributed by atoms with Crippen molar-refractivity contribution in [1.29, 1.82) is 0 Å². The van der Waals surface area contributed by atoms with Crippen molar-refractivity contribution in [2.45, 2.75) is 78.1 Å². The fraction of sp³-hybridized carbons (Fsp3) is 0.565. The van der Waals surface area contributed by atoms with E-state index in [-0.39, 0.29) is 0 Å². The van der Waals surface area contributed by atoms with E-state index in [9.17, 15) is 0 Å². The molecule has 1 aliphatic carbocycles. The Morgan fingerprint density at radius 3 is 2.43 bits per heavy atom. The van der Waals surface area contributed by atoms with Crippen LogP contribution in [0.2, 0.25) is 0 Å². The molecule has 0 aromatic heterocycles. The number of rotatable bonds is 7. The highest BCUT2D eigenvalue weighted by Gasteiger charge is 2.12. The third kappa shape index (κ3) is 6.66. The number of allylic oxidation sites excluding steroid dienone is 2. The van der Waals surface area contributed by atoms with E-state index in [1.807, 2.05) is 0 Å². The van der Waals surface area contributed by atoms with Crippen LogP contribution in [0, 0.1) is 17.8 Å². The van der Waals surface area contributed by atoms with Crippen molar-refractivity contribution in [3.8, 4) is 11.8 Å². The predicted molar refractivity (Wildman–Crippen MR) is 101 cm³/mol. The topological polar surface area (TPSA) is 0 Å². The number of hydrogen-bond donors (Lipinski definition) is 0. The smallest absolute Gasteiger partial charge is 0.0249 e. The first-order valence-corrected chi connectivity index (χ1v) is 9.61. The van der Waals surface area contributed by atoms with E-state index in [0.29, 0.717) is 0 Å². The summed E-state index contributed by atoms with van der Waals surface area (Å²) in [4.78, 5) is 0. The third-order valence-electron chi connectivity index (χ3n) is 4.86. The number of unbranched alkanes of at least 4 members (excludes halogenated alkanes) is 3. The zero-order chi connectivity index (χ0) is 16.3. The summed E-state index contributed by atoms with van der Waals surface area (Å²) in [5, 5.41) is 0. The molecule has 0 bridgehead atoms. The Morgan fingerprint density at radius 2 is 1.78 bits per heavy atom. The molecule has 2 rings (SSSR count). The summed E-state index contributed by atoms with van der Waals surface area (Å²) in [5.41, 5.74) is 3.95. The van der Waals surface area contributed by atoms with Crippen LogP contribution < -0.4 is 0 Å². The summed E-state index contributed by atoms with van der Waals surface area (Å²) < 4.78 is 0. The van der Waals surface area contributed by atoms with Crippen LogP contribution in [0.5, 0.6) is 0 Å². The van der Waals surface area contributed by atoms with Gasteiger partial charge in [0.15, 0.2) is 0 Å². The third-order valence-corrected chi connectivity index (χ3v) is 4.86. The molecular formula is C23H32.